The van der Waals surface area contributed by atoms with Crippen LogP contribution >= 0.6 is 0 Å². The van der Waals surface area contributed by atoms with Gasteiger partial charge in [0.2, 0.25) is 0 Å². The molecule has 1 N–H and O–H groups in total. The van der Waals surface area contributed by atoms with E-state index >= 15 is 0 Å². The van der Waals surface area contributed by atoms with Gasteiger partial charge < -0.3 is 9.73 Å². The summed E-state index contributed by atoms with van der Waals surface area (Å²) in [6.07, 6.45) is 0.892. The average molecular weight is 247 g/mol. The molecule has 0 aliphatic carbocycles. The van der Waals surface area contributed by atoms with E-state index in [0.29, 0.717) is 12.1 Å². The molecule has 1 atom stereocenters. The van der Waals surface area contributed by atoms with Gasteiger partial charge in [-0.2, -0.15) is 0 Å². The van der Waals surface area contributed by atoms with E-state index in [1.807, 2.05) is 25.1 Å². The van der Waals surface area contributed by atoms with Crippen molar-refractivity contribution >= 4 is 0 Å². The third kappa shape index (κ3) is 2.99. The maximum absolute atomic E-state index is 13.6. The highest BCUT2D eigenvalue weighted by Gasteiger charge is 2.10. The number of hydrogen-bond acceptors (Lipinski definition) is 2. The van der Waals surface area contributed by atoms with Gasteiger partial charge in [0.25, 0.3) is 0 Å². The highest BCUT2D eigenvalue weighted by Crippen LogP contribution is 2.17. The van der Waals surface area contributed by atoms with Gasteiger partial charge in [0.05, 0.1) is 6.54 Å². The Balaban J connectivity index is 1.96. The van der Waals surface area contributed by atoms with E-state index in [2.05, 4.69) is 12.2 Å². The number of nitrogens with one attached hydrogen (secondary N) is 1. The fourth-order valence-corrected chi connectivity index (χ4v) is 1.90. The van der Waals surface area contributed by atoms with Crippen molar-refractivity contribution in [1.82, 2.24) is 5.32 Å². The molecule has 0 aliphatic rings. The second-order valence-electron chi connectivity index (χ2n) is 4.35. The van der Waals surface area contributed by atoms with Gasteiger partial charge in [0, 0.05) is 18.0 Å². The fraction of sp³-hybridized carbons (Fsp3) is 0.333. The SMILES string of the molecule is CCc1ccc(CNC(C)c2ccccc2F)o1. The van der Waals surface area contributed by atoms with E-state index in [4.69, 9.17) is 4.42 Å². The van der Waals surface area contributed by atoms with Crippen LogP contribution in [0.4, 0.5) is 4.39 Å². The zero-order chi connectivity index (χ0) is 13.0. The van der Waals surface area contributed by atoms with Crippen molar-refractivity contribution in [2.24, 2.45) is 0 Å². The molecule has 0 spiro atoms. The molecule has 0 amide bonds. The summed E-state index contributed by atoms with van der Waals surface area (Å²) in [5.74, 6) is 1.69. The molecule has 1 unspecified atom stereocenters. The second kappa shape index (κ2) is 5.83. The molecule has 96 valence electrons. The monoisotopic (exact) mass is 247 g/mol. The van der Waals surface area contributed by atoms with E-state index in [1.54, 1.807) is 12.1 Å². The van der Waals surface area contributed by atoms with Gasteiger partial charge in [-0.25, -0.2) is 4.39 Å². The van der Waals surface area contributed by atoms with Gasteiger partial charge in [-0.3, -0.25) is 0 Å². The van der Waals surface area contributed by atoms with Crippen LogP contribution in [0.15, 0.2) is 40.8 Å². The predicted octanol–water partition coefficient (Wildman–Crippen LogP) is 3.83. The van der Waals surface area contributed by atoms with E-state index in [9.17, 15) is 4.39 Å². The summed E-state index contributed by atoms with van der Waals surface area (Å²) in [6.45, 7) is 4.61. The first-order valence-corrected chi connectivity index (χ1v) is 6.26. The molecule has 0 bridgehead atoms. The Labute approximate surface area is 107 Å². The highest BCUT2D eigenvalue weighted by atomic mass is 19.1. The van der Waals surface area contributed by atoms with Crippen LogP contribution in [0.1, 0.15) is 37.0 Å². The lowest BCUT2D eigenvalue weighted by atomic mass is 10.1. The van der Waals surface area contributed by atoms with Crippen molar-refractivity contribution in [3.05, 3.63) is 59.3 Å². The summed E-state index contributed by atoms with van der Waals surface area (Å²) in [5.41, 5.74) is 0.680. The number of hydrogen-bond donors (Lipinski definition) is 1. The lowest BCUT2D eigenvalue weighted by molar-refractivity contribution is 0.431. The standard InChI is InChI=1S/C15H18FNO/c1-3-12-8-9-13(18-12)10-17-11(2)14-6-4-5-7-15(14)16/h4-9,11,17H,3,10H2,1-2H3. The number of halogens is 1. The fourth-order valence-electron chi connectivity index (χ4n) is 1.90. The third-order valence-electron chi connectivity index (χ3n) is 3.02. The molecule has 1 aromatic carbocycles. The van der Waals surface area contributed by atoms with Crippen LogP contribution < -0.4 is 5.32 Å². The number of rotatable bonds is 5. The Bertz CT molecular complexity index is 507. The molecular weight excluding hydrogens is 229 g/mol. The van der Waals surface area contributed by atoms with E-state index in [-0.39, 0.29) is 11.9 Å². The number of furan rings is 1. The molecule has 2 nitrogen and oxygen atoms in total. The highest BCUT2D eigenvalue weighted by molar-refractivity contribution is 5.20. The van der Waals surface area contributed by atoms with Crippen LogP contribution in [0, 0.1) is 5.82 Å². The van der Waals surface area contributed by atoms with Gasteiger partial charge in [-0.15, -0.1) is 0 Å². The summed E-state index contributed by atoms with van der Waals surface area (Å²) < 4.78 is 19.2. The first kappa shape index (κ1) is 12.8. The zero-order valence-electron chi connectivity index (χ0n) is 10.7. The van der Waals surface area contributed by atoms with E-state index in [0.717, 1.165) is 17.9 Å². The Morgan fingerprint density at radius 3 is 2.56 bits per heavy atom. The van der Waals surface area contributed by atoms with Gasteiger partial charge in [0.1, 0.15) is 17.3 Å². The molecule has 18 heavy (non-hydrogen) atoms. The maximum Gasteiger partial charge on any atom is 0.127 e. The third-order valence-corrected chi connectivity index (χ3v) is 3.02. The molecule has 2 aromatic rings. The minimum absolute atomic E-state index is 0.0404. The normalized spacial score (nSPS) is 12.6. The Kier molecular flexibility index (Phi) is 4.15. The smallest absolute Gasteiger partial charge is 0.127 e. The molecule has 0 fully saturated rings. The summed E-state index contributed by atoms with van der Waals surface area (Å²) in [7, 11) is 0. The van der Waals surface area contributed by atoms with E-state index in [1.165, 1.54) is 6.07 Å². The van der Waals surface area contributed by atoms with Gasteiger partial charge >= 0.3 is 0 Å². The van der Waals surface area contributed by atoms with Crippen LogP contribution in [0.3, 0.4) is 0 Å². The van der Waals surface area contributed by atoms with Crippen LogP contribution in [0.5, 0.6) is 0 Å². The quantitative estimate of drug-likeness (QED) is 0.868. The summed E-state index contributed by atoms with van der Waals surface area (Å²) in [4.78, 5) is 0. The maximum atomic E-state index is 13.6. The number of aryl methyl sites for hydroxylation is 1. The molecule has 0 radical (unpaired) electrons. The van der Waals surface area contributed by atoms with Crippen molar-refractivity contribution in [1.29, 1.82) is 0 Å². The lowest BCUT2D eigenvalue weighted by Gasteiger charge is -2.13. The van der Waals surface area contributed by atoms with Gasteiger partial charge in [0.15, 0.2) is 0 Å². The Hall–Kier alpha value is -1.61. The first-order chi connectivity index (χ1) is 8.70. The lowest BCUT2D eigenvalue weighted by Crippen LogP contribution is -2.18. The molecule has 0 saturated carbocycles. The Morgan fingerprint density at radius 2 is 1.89 bits per heavy atom. The van der Waals surface area contributed by atoms with Crippen LogP contribution in [0.25, 0.3) is 0 Å². The summed E-state index contributed by atoms with van der Waals surface area (Å²) >= 11 is 0. The van der Waals surface area contributed by atoms with Crippen molar-refractivity contribution in [3.8, 4) is 0 Å². The molecule has 0 saturated heterocycles. The predicted molar refractivity (Wildman–Crippen MR) is 69.7 cm³/mol. The summed E-state index contributed by atoms with van der Waals surface area (Å²) in [5, 5.41) is 3.26. The minimum Gasteiger partial charge on any atom is -0.465 e. The molecular formula is C15H18FNO. The van der Waals surface area contributed by atoms with E-state index < -0.39 is 0 Å². The van der Waals surface area contributed by atoms with Gasteiger partial charge in [-0.05, 0) is 25.1 Å². The zero-order valence-corrected chi connectivity index (χ0v) is 10.7. The van der Waals surface area contributed by atoms with Crippen LogP contribution in [0.2, 0.25) is 0 Å². The largest absolute Gasteiger partial charge is 0.465 e. The molecule has 2 rings (SSSR count). The number of benzene rings is 1. The van der Waals surface area contributed by atoms with Crippen molar-refractivity contribution in [2.45, 2.75) is 32.9 Å². The molecule has 1 heterocycles. The van der Waals surface area contributed by atoms with Crippen molar-refractivity contribution in [2.75, 3.05) is 0 Å². The topological polar surface area (TPSA) is 25.2 Å². The second-order valence-corrected chi connectivity index (χ2v) is 4.35. The van der Waals surface area contributed by atoms with Crippen LogP contribution in [-0.2, 0) is 13.0 Å². The van der Waals surface area contributed by atoms with Crippen LogP contribution in [-0.4, -0.2) is 0 Å². The summed E-state index contributed by atoms with van der Waals surface area (Å²) in [6, 6.07) is 10.7. The molecule has 1 aromatic heterocycles. The van der Waals surface area contributed by atoms with Gasteiger partial charge in [-0.1, -0.05) is 25.1 Å². The first-order valence-electron chi connectivity index (χ1n) is 6.26. The van der Waals surface area contributed by atoms with Crippen molar-refractivity contribution in [3.63, 3.8) is 0 Å². The molecule has 0 aliphatic heterocycles. The van der Waals surface area contributed by atoms with Crippen molar-refractivity contribution < 1.29 is 8.81 Å². The Morgan fingerprint density at radius 1 is 1.17 bits per heavy atom. The molecule has 3 heteroatoms. The minimum atomic E-state index is -0.175. The average Bonchev–Trinajstić information content (AvgIpc) is 2.84.